The highest BCUT2D eigenvalue weighted by molar-refractivity contribution is 5.96. The van der Waals surface area contributed by atoms with Gasteiger partial charge in [0.15, 0.2) is 0 Å². The van der Waals surface area contributed by atoms with Crippen LogP contribution in [0.4, 0.5) is 18.0 Å². The normalized spacial score (nSPS) is 13.9. The number of Topliss-reactive ketones (excluding diaryl/α,β-unsaturated/α-hetero) is 1. The van der Waals surface area contributed by atoms with E-state index in [4.69, 9.17) is 4.74 Å². The fourth-order valence-electron chi connectivity index (χ4n) is 3.57. The number of nitrogens with one attached hydrogen (secondary N) is 4. The van der Waals surface area contributed by atoms with E-state index in [0.717, 1.165) is 0 Å². The van der Waals surface area contributed by atoms with Crippen LogP contribution in [0.3, 0.4) is 0 Å². The summed E-state index contributed by atoms with van der Waals surface area (Å²) in [6, 6.07) is 4.38. The molecule has 0 heterocycles. The number of hydrogen-bond acceptors (Lipinski definition) is 6. The van der Waals surface area contributed by atoms with Gasteiger partial charge in [-0.1, -0.05) is 51.1 Å². The molecule has 1 aromatic rings. The number of ketones is 1. The molecule has 0 radical (unpaired) electrons. The molecule has 0 bridgehead atoms. The van der Waals surface area contributed by atoms with Crippen LogP contribution < -0.4 is 21.3 Å². The van der Waals surface area contributed by atoms with Crippen molar-refractivity contribution < 1.29 is 41.9 Å². The van der Waals surface area contributed by atoms with Crippen LogP contribution in [0.15, 0.2) is 30.3 Å². The van der Waals surface area contributed by atoms with Crippen LogP contribution in [0.5, 0.6) is 0 Å². The summed E-state index contributed by atoms with van der Waals surface area (Å²) in [6.45, 7) is 9.27. The molecule has 4 amide bonds. The van der Waals surface area contributed by atoms with Crippen LogP contribution in [0.2, 0.25) is 0 Å². The Bertz CT molecular complexity index is 1030. The average Bonchev–Trinajstić information content (AvgIpc) is 2.83. The monoisotopic (exact) mass is 572 g/mol. The van der Waals surface area contributed by atoms with Gasteiger partial charge in [-0.25, -0.2) is 4.79 Å². The number of rotatable bonds is 13. The largest absolute Gasteiger partial charge is 0.452 e. The highest BCUT2D eigenvalue weighted by Crippen LogP contribution is 2.19. The predicted molar refractivity (Wildman–Crippen MR) is 141 cm³/mol. The second kappa shape index (κ2) is 15.2. The van der Waals surface area contributed by atoms with Gasteiger partial charge in [-0.2, -0.15) is 13.2 Å². The maximum absolute atomic E-state index is 13.3. The van der Waals surface area contributed by atoms with Gasteiger partial charge < -0.3 is 26.0 Å². The van der Waals surface area contributed by atoms with Crippen molar-refractivity contribution in [1.82, 2.24) is 21.3 Å². The number of hydrogen-bond donors (Lipinski definition) is 4. The van der Waals surface area contributed by atoms with Crippen LogP contribution in [-0.2, 0) is 30.3 Å². The van der Waals surface area contributed by atoms with E-state index in [0.29, 0.717) is 5.56 Å². The Morgan fingerprint density at radius 3 is 1.90 bits per heavy atom. The zero-order valence-corrected chi connectivity index (χ0v) is 23.6. The fraction of sp³-hybridized carbons (Fsp3) is 0.593. The van der Waals surface area contributed by atoms with Crippen molar-refractivity contribution in [2.24, 2.45) is 5.92 Å². The molecule has 0 spiro atoms. The van der Waals surface area contributed by atoms with Crippen molar-refractivity contribution in [2.75, 3.05) is 6.54 Å². The summed E-state index contributed by atoms with van der Waals surface area (Å²) in [7, 11) is 0. The second-order valence-electron chi connectivity index (χ2n) is 10.7. The Kier molecular flexibility index (Phi) is 13.1. The van der Waals surface area contributed by atoms with Crippen molar-refractivity contribution in [3.8, 4) is 0 Å². The second-order valence-corrected chi connectivity index (χ2v) is 10.7. The molecule has 0 aliphatic rings. The molecule has 4 N–H and O–H groups in total. The van der Waals surface area contributed by atoms with E-state index in [1.165, 1.54) is 6.92 Å². The average molecular weight is 573 g/mol. The summed E-state index contributed by atoms with van der Waals surface area (Å²) in [5, 5.41) is 9.40. The van der Waals surface area contributed by atoms with Crippen LogP contribution >= 0.6 is 0 Å². The van der Waals surface area contributed by atoms with Gasteiger partial charge in [0.1, 0.15) is 24.2 Å². The molecular formula is C27H39F3N4O6. The fourth-order valence-corrected chi connectivity index (χ4v) is 3.57. The zero-order chi connectivity index (χ0) is 30.7. The minimum Gasteiger partial charge on any atom is -0.444 e. The number of amides is 4. The molecule has 0 aliphatic carbocycles. The van der Waals surface area contributed by atoms with Gasteiger partial charge in [0.2, 0.25) is 17.7 Å². The summed E-state index contributed by atoms with van der Waals surface area (Å²) in [4.78, 5) is 62.4. The highest BCUT2D eigenvalue weighted by atomic mass is 19.4. The third-order valence-corrected chi connectivity index (χ3v) is 5.39. The molecule has 1 rings (SSSR count). The van der Waals surface area contributed by atoms with E-state index >= 15 is 0 Å². The maximum atomic E-state index is 13.3. The first-order chi connectivity index (χ1) is 18.4. The maximum Gasteiger partial charge on any atom is 0.452 e. The van der Waals surface area contributed by atoms with Crippen LogP contribution in [0.1, 0.15) is 59.9 Å². The molecule has 10 nitrogen and oxygen atoms in total. The molecule has 0 fully saturated rings. The van der Waals surface area contributed by atoms with Crippen LogP contribution in [0, 0.1) is 5.92 Å². The smallest absolute Gasteiger partial charge is 0.444 e. The standard InChI is InChI=1S/C27H39F3N4O6/c1-7-18(22(36)27(28,29)30)33-23(37)19(13-16(2)3)34-24(38)20(14-17-11-9-8-10-12-17)32-21(35)15-31-25(39)40-26(4,5)6/h8-12,16,18-20H,7,13-15H2,1-6H3,(H,31,39)(H,32,35)(H,33,37)(H,34,38)/t18?,19-,20-/m0/s1. The lowest BCUT2D eigenvalue weighted by molar-refractivity contribution is -0.173. The highest BCUT2D eigenvalue weighted by Gasteiger charge is 2.43. The quantitative estimate of drug-likeness (QED) is 0.286. The Balaban J connectivity index is 3.07. The lowest BCUT2D eigenvalue weighted by Gasteiger charge is -2.26. The molecule has 1 aromatic carbocycles. The first kappa shape index (κ1) is 34.4. The van der Waals surface area contributed by atoms with Crippen LogP contribution in [-0.4, -0.2) is 66.0 Å². The molecule has 0 aromatic heterocycles. The molecule has 40 heavy (non-hydrogen) atoms. The van der Waals surface area contributed by atoms with E-state index in [1.54, 1.807) is 65.0 Å². The molecule has 0 aliphatic heterocycles. The molecular weight excluding hydrogens is 533 g/mol. The summed E-state index contributed by atoms with van der Waals surface area (Å²) >= 11 is 0. The molecule has 224 valence electrons. The third-order valence-electron chi connectivity index (χ3n) is 5.39. The Hall–Kier alpha value is -3.64. The zero-order valence-electron chi connectivity index (χ0n) is 23.6. The predicted octanol–water partition coefficient (Wildman–Crippen LogP) is 2.80. The number of carbonyl (C=O) groups is 5. The minimum atomic E-state index is -5.14. The number of alkyl carbamates (subject to hydrolysis) is 1. The summed E-state index contributed by atoms with van der Waals surface area (Å²) in [5.41, 5.74) is -0.112. The summed E-state index contributed by atoms with van der Waals surface area (Å²) in [5.74, 6) is -4.69. The number of carbonyl (C=O) groups excluding carboxylic acids is 5. The summed E-state index contributed by atoms with van der Waals surface area (Å²) < 4.78 is 43.9. The first-order valence-corrected chi connectivity index (χ1v) is 12.9. The Morgan fingerprint density at radius 2 is 1.40 bits per heavy atom. The number of benzene rings is 1. The third kappa shape index (κ3) is 12.9. The van der Waals surface area contributed by atoms with Crippen LogP contribution in [0.25, 0.3) is 0 Å². The van der Waals surface area contributed by atoms with Gasteiger partial charge in [0, 0.05) is 6.42 Å². The van der Waals surface area contributed by atoms with E-state index in [-0.39, 0.29) is 25.2 Å². The van der Waals surface area contributed by atoms with E-state index in [1.807, 2.05) is 0 Å². The molecule has 1 unspecified atom stereocenters. The van der Waals surface area contributed by atoms with Gasteiger partial charge >= 0.3 is 12.3 Å². The van der Waals surface area contributed by atoms with Gasteiger partial charge in [-0.15, -0.1) is 0 Å². The van der Waals surface area contributed by atoms with Gasteiger partial charge in [-0.3, -0.25) is 19.2 Å². The molecule has 3 atom stereocenters. The van der Waals surface area contributed by atoms with Crippen molar-refractivity contribution in [2.45, 2.75) is 90.7 Å². The lowest BCUT2D eigenvalue weighted by Crippen LogP contribution is -2.57. The molecule has 0 saturated carbocycles. The van der Waals surface area contributed by atoms with Crippen molar-refractivity contribution in [3.63, 3.8) is 0 Å². The number of ether oxygens (including phenoxy) is 1. The van der Waals surface area contributed by atoms with Gasteiger partial charge in [-0.05, 0) is 45.1 Å². The van der Waals surface area contributed by atoms with E-state index in [2.05, 4.69) is 21.3 Å². The van der Waals surface area contributed by atoms with Gasteiger partial charge in [0.05, 0.1) is 6.04 Å². The Morgan fingerprint density at radius 1 is 0.850 bits per heavy atom. The molecule has 13 heteroatoms. The lowest BCUT2D eigenvalue weighted by atomic mass is 10.00. The van der Waals surface area contributed by atoms with Crippen molar-refractivity contribution in [3.05, 3.63) is 35.9 Å². The molecule has 0 saturated heterocycles. The topological polar surface area (TPSA) is 143 Å². The first-order valence-electron chi connectivity index (χ1n) is 12.9. The number of halogens is 3. The number of alkyl halides is 3. The minimum absolute atomic E-state index is 0.0189. The summed E-state index contributed by atoms with van der Waals surface area (Å²) in [6.07, 6.45) is -6.20. The van der Waals surface area contributed by atoms with E-state index in [9.17, 15) is 37.1 Å². The van der Waals surface area contributed by atoms with Gasteiger partial charge in [0.25, 0.3) is 5.78 Å². The van der Waals surface area contributed by atoms with E-state index < -0.39 is 66.0 Å². The Labute approximate surface area is 232 Å². The van der Waals surface area contributed by atoms with Crippen molar-refractivity contribution in [1.29, 1.82) is 0 Å². The SMILES string of the molecule is CCC(NC(=O)[C@H](CC(C)C)NC(=O)[C@H](Cc1ccccc1)NC(=O)CNC(=O)OC(C)(C)C)C(=O)C(F)(F)F. The van der Waals surface area contributed by atoms with Crippen molar-refractivity contribution >= 4 is 29.6 Å².